The standard InChI is InChI=1S/C6H9NO4P/c1-11-12(10)4-7-5(8)2-3-6(7)9/h2-4H2,1H3/q+1. The predicted molar refractivity (Wildman–Crippen MR) is 40.6 cm³/mol. The molecule has 1 heterocycles. The molecule has 1 unspecified atom stereocenters. The monoisotopic (exact) mass is 190 g/mol. The van der Waals surface area contributed by atoms with E-state index in [1.165, 1.54) is 7.11 Å². The Morgan fingerprint density at radius 3 is 2.33 bits per heavy atom. The molecule has 0 aliphatic carbocycles. The summed E-state index contributed by atoms with van der Waals surface area (Å²) < 4.78 is 15.3. The van der Waals surface area contributed by atoms with Crippen LogP contribution in [0.3, 0.4) is 0 Å². The third kappa shape index (κ3) is 1.87. The fourth-order valence-corrected chi connectivity index (χ4v) is 1.62. The molecule has 1 atom stereocenters. The van der Waals surface area contributed by atoms with Gasteiger partial charge >= 0.3 is 8.03 Å². The van der Waals surface area contributed by atoms with E-state index in [1.807, 2.05) is 0 Å². The summed E-state index contributed by atoms with van der Waals surface area (Å²) in [5.74, 6) is -0.527. The largest absolute Gasteiger partial charge is 0.530 e. The summed E-state index contributed by atoms with van der Waals surface area (Å²) in [4.78, 5) is 22.9. The molecule has 0 spiro atoms. The molecule has 1 saturated heterocycles. The second-order valence-corrected chi connectivity index (χ2v) is 3.69. The fraction of sp³-hybridized carbons (Fsp3) is 0.667. The maximum atomic E-state index is 11.0. The number of hydrogen-bond acceptors (Lipinski definition) is 4. The Labute approximate surface area is 70.5 Å². The molecule has 0 bridgehead atoms. The zero-order chi connectivity index (χ0) is 9.14. The number of nitrogens with zero attached hydrogens (tertiary/aromatic N) is 1. The number of imide groups is 1. The molecule has 66 valence electrons. The van der Waals surface area contributed by atoms with Crippen LogP contribution in [-0.2, 0) is 18.7 Å². The topological polar surface area (TPSA) is 63.7 Å². The highest BCUT2D eigenvalue weighted by Gasteiger charge is 2.35. The molecule has 0 aromatic rings. The van der Waals surface area contributed by atoms with Gasteiger partial charge < -0.3 is 0 Å². The van der Waals surface area contributed by atoms with E-state index in [1.54, 1.807) is 0 Å². The third-order valence-corrected chi connectivity index (χ3v) is 2.54. The minimum atomic E-state index is -1.91. The van der Waals surface area contributed by atoms with E-state index in [0.717, 1.165) is 4.90 Å². The Hall–Kier alpha value is -0.800. The van der Waals surface area contributed by atoms with Gasteiger partial charge in [-0.1, -0.05) is 0 Å². The van der Waals surface area contributed by atoms with Gasteiger partial charge in [-0.25, -0.2) is 4.90 Å². The fourth-order valence-electron chi connectivity index (χ4n) is 0.954. The van der Waals surface area contributed by atoms with Gasteiger partial charge in [0.15, 0.2) is 0 Å². The summed E-state index contributed by atoms with van der Waals surface area (Å²) >= 11 is 0. The molecule has 5 nitrogen and oxygen atoms in total. The minimum absolute atomic E-state index is 0.108. The van der Waals surface area contributed by atoms with Crippen molar-refractivity contribution in [2.24, 2.45) is 0 Å². The maximum Gasteiger partial charge on any atom is 0.530 e. The first-order valence-electron chi connectivity index (χ1n) is 3.47. The maximum absolute atomic E-state index is 11.0. The van der Waals surface area contributed by atoms with Crippen molar-refractivity contribution < 1.29 is 18.7 Å². The zero-order valence-electron chi connectivity index (χ0n) is 6.65. The van der Waals surface area contributed by atoms with Gasteiger partial charge in [-0.15, -0.1) is 4.52 Å². The van der Waals surface area contributed by atoms with Gasteiger partial charge in [-0.3, -0.25) is 9.59 Å². The summed E-state index contributed by atoms with van der Waals surface area (Å²) in [6.45, 7) is 0. The van der Waals surface area contributed by atoms with Gasteiger partial charge in [0.2, 0.25) is 11.8 Å². The van der Waals surface area contributed by atoms with Crippen LogP contribution >= 0.6 is 8.03 Å². The van der Waals surface area contributed by atoms with Crippen LogP contribution in [0.5, 0.6) is 0 Å². The van der Waals surface area contributed by atoms with Crippen LogP contribution in [0.15, 0.2) is 0 Å². The summed E-state index contributed by atoms with van der Waals surface area (Å²) in [6, 6.07) is 0. The molecule has 0 radical (unpaired) electrons. The van der Waals surface area contributed by atoms with Gasteiger partial charge in [0, 0.05) is 12.8 Å². The highest BCUT2D eigenvalue weighted by Crippen LogP contribution is 2.25. The van der Waals surface area contributed by atoms with Crippen molar-refractivity contribution in [1.82, 2.24) is 4.90 Å². The van der Waals surface area contributed by atoms with Crippen molar-refractivity contribution in [2.45, 2.75) is 12.8 Å². The third-order valence-electron chi connectivity index (χ3n) is 1.62. The Morgan fingerprint density at radius 1 is 1.42 bits per heavy atom. The van der Waals surface area contributed by atoms with Crippen LogP contribution in [0.1, 0.15) is 12.8 Å². The second kappa shape index (κ2) is 3.74. The van der Waals surface area contributed by atoms with Crippen LogP contribution in [0.25, 0.3) is 0 Å². The van der Waals surface area contributed by atoms with Crippen LogP contribution in [0, 0.1) is 0 Å². The first-order chi connectivity index (χ1) is 5.65. The quantitative estimate of drug-likeness (QED) is 0.479. The molecule has 1 rings (SSSR count). The Kier molecular flexibility index (Phi) is 2.89. The lowest BCUT2D eigenvalue weighted by Crippen LogP contribution is -2.28. The van der Waals surface area contributed by atoms with Crippen LogP contribution in [0.2, 0.25) is 0 Å². The molecule has 0 aromatic carbocycles. The van der Waals surface area contributed by atoms with E-state index < -0.39 is 8.03 Å². The van der Waals surface area contributed by atoms with E-state index in [9.17, 15) is 14.2 Å². The van der Waals surface area contributed by atoms with Gasteiger partial charge in [0.1, 0.15) is 0 Å². The van der Waals surface area contributed by atoms with Crippen molar-refractivity contribution in [1.29, 1.82) is 0 Å². The van der Waals surface area contributed by atoms with Crippen molar-refractivity contribution >= 4 is 19.8 Å². The molecule has 2 amide bonds. The molecule has 0 aromatic heterocycles. The van der Waals surface area contributed by atoms with E-state index in [2.05, 4.69) is 4.52 Å². The van der Waals surface area contributed by atoms with Crippen LogP contribution < -0.4 is 0 Å². The lowest BCUT2D eigenvalue weighted by molar-refractivity contribution is -0.137. The summed E-state index contributed by atoms with van der Waals surface area (Å²) in [5.41, 5.74) is 0. The molecular formula is C6H9NO4P+. The minimum Gasteiger partial charge on any atom is -0.274 e. The molecule has 1 fully saturated rings. The smallest absolute Gasteiger partial charge is 0.274 e. The second-order valence-electron chi connectivity index (χ2n) is 2.37. The SMILES string of the molecule is CO[P+](=O)CN1C(=O)CCC1=O. The highest BCUT2D eigenvalue weighted by atomic mass is 31.1. The van der Waals surface area contributed by atoms with Crippen molar-refractivity contribution in [2.75, 3.05) is 13.4 Å². The molecule has 12 heavy (non-hydrogen) atoms. The average Bonchev–Trinajstić information content (AvgIpc) is 2.35. The number of rotatable bonds is 3. The molecule has 6 heteroatoms. The number of hydrogen-bond donors (Lipinski definition) is 0. The molecule has 1 aliphatic heterocycles. The van der Waals surface area contributed by atoms with Gasteiger partial charge in [-0.2, -0.15) is 0 Å². The first kappa shape index (κ1) is 9.29. The summed E-state index contributed by atoms with van der Waals surface area (Å²) in [7, 11) is -0.627. The molecule has 1 aliphatic rings. The van der Waals surface area contributed by atoms with Gasteiger partial charge in [0.05, 0.1) is 7.11 Å². The Balaban J connectivity index is 2.56. The Bertz CT molecular complexity index is 224. The van der Waals surface area contributed by atoms with Crippen molar-refractivity contribution in [3.05, 3.63) is 0 Å². The first-order valence-corrected chi connectivity index (χ1v) is 4.83. The predicted octanol–water partition coefficient (Wildman–Crippen LogP) is 0.482. The number of carbonyl (C=O) groups excluding carboxylic acids is 2. The Morgan fingerprint density at radius 2 is 1.92 bits per heavy atom. The highest BCUT2D eigenvalue weighted by molar-refractivity contribution is 7.39. The normalized spacial score (nSPS) is 18.8. The van der Waals surface area contributed by atoms with E-state index >= 15 is 0 Å². The zero-order valence-corrected chi connectivity index (χ0v) is 7.54. The van der Waals surface area contributed by atoms with Gasteiger partial charge in [0.25, 0.3) is 6.29 Å². The average molecular weight is 190 g/mol. The summed E-state index contributed by atoms with van der Waals surface area (Å²) in [6.07, 6.45) is 0.348. The molecule has 0 saturated carbocycles. The van der Waals surface area contributed by atoms with E-state index in [0.29, 0.717) is 0 Å². The van der Waals surface area contributed by atoms with Crippen molar-refractivity contribution in [3.8, 4) is 0 Å². The summed E-state index contributed by atoms with van der Waals surface area (Å²) in [5, 5.41) is 0. The molecule has 0 N–H and O–H groups in total. The van der Waals surface area contributed by atoms with E-state index in [4.69, 9.17) is 0 Å². The van der Waals surface area contributed by atoms with Gasteiger partial charge in [-0.05, 0) is 4.57 Å². The van der Waals surface area contributed by atoms with Crippen LogP contribution in [-0.4, -0.2) is 30.1 Å². The van der Waals surface area contributed by atoms with E-state index in [-0.39, 0.29) is 30.9 Å². The number of carbonyl (C=O) groups is 2. The number of likely N-dealkylation sites (tertiary alicyclic amines) is 1. The molecular weight excluding hydrogens is 181 g/mol. The lowest BCUT2D eigenvalue weighted by Gasteiger charge is -2.04. The number of amides is 2. The van der Waals surface area contributed by atoms with Crippen LogP contribution in [0.4, 0.5) is 0 Å². The lowest BCUT2D eigenvalue weighted by atomic mass is 10.4. The van der Waals surface area contributed by atoms with Crippen molar-refractivity contribution in [3.63, 3.8) is 0 Å².